The van der Waals surface area contributed by atoms with Crippen LogP contribution in [0.5, 0.6) is 0 Å². The van der Waals surface area contributed by atoms with Crippen LogP contribution < -0.4 is 5.32 Å². The second kappa shape index (κ2) is 8.05. The minimum atomic E-state index is -3.80. The van der Waals surface area contributed by atoms with Gasteiger partial charge in [0.2, 0.25) is 9.84 Å². The van der Waals surface area contributed by atoms with Crippen molar-refractivity contribution in [3.63, 3.8) is 0 Å². The number of H-pyrrole nitrogens is 1. The number of benzene rings is 2. The molecule has 0 amide bonds. The van der Waals surface area contributed by atoms with Crippen molar-refractivity contribution in [2.24, 2.45) is 0 Å². The van der Waals surface area contributed by atoms with Gasteiger partial charge in [0.05, 0.1) is 9.79 Å². The molecule has 1 aromatic heterocycles. The monoisotopic (exact) mass is 400 g/mol. The van der Waals surface area contributed by atoms with E-state index in [2.05, 4.69) is 10.3 Å². The fraction of sp³-hybridized carbons (Fsp3) is 0.364. The minimum Gasteiger partial charge on any atom is -0.360 e. The fourth-order valence-electron chi connectivity index (χ4n) is 4.13. The Morgan fingerprint density at radius 3 is 2.64 bits per heavy atom. The van der Waals surface area contributed by atoms with E-state index in [0.29, 0.717) is 11.4 Å². The van der Waals surface area contributed by atoms with E-state index in [0.717, 1.165) is 30.1 Å². The van der Waals surface area contributed by atoms with Gasteiger partial charge in [-0.1, -0.05) is 37.5 Å². The zero-order valence-corrected chi connectivity index (χ0v) is 16.6. The Bertz CT molecular complexity index is 1070. The maximum absolute atomic E-state index is 13.6. The summed E-state index contributed by atoms with van der Waals surface area (Å²) in [5.74, 6) is -0.558. The molecule has 4 rings (SSSR count). The van der Waals surface area contributed by atoms with Gasteiger partial charge in [0.1, 0.15) is 5.82 Å². The minimum absolute atomic E-state index is 0.0245. The number of fused-ring (bicyclic) bond motifs is 1. The number of nitrogens with one attached hydrogen (secondary N) is 2. The van der Waals surface area contributed by atoms with Crippen molar-refractivity contribution in [1.82, 2.24) is 10.3 Å². The van der Waals surface area contributed by atoms with Gasteiger partial charge in [0, 0.05) is 23.1 Å². The predicted octanol–water partition coefficient (Wildman–Crippen LogP) is 4.60. The van der Waals surface area contributed by atoms with E-state index in [1.807, 2.05) is 18.2 Å². The van der Waals surface area contributed by atoms with Crippen molar-refractivity contribution in [3.8, 4) is 0 Å². The summed E-state index contributed by atoms with van der Waals surface area (Å²) in [6.45, 7) is 0.814. The molecule has 4 nitrogen and oxygen atoms in total. The van der Waals surface area contributed by atoms with Gasteiger partial charge in [0.25, 0.3) is 0 Å². The molecule has 6 heteroatoms. The number of hydrogen-bond acceptors (Lipinski definition) is 3. The average Bonchev–Trinajstić information content (AvgIpc) is 3.15. The number of sulfone groups is 1. The van der Waals surface area contributed by atoms with Gasteiger partial charge in [-0.15, -0.1) is 0 Å². The third-order valence-corrected chi connectivity index (χ3v) is 7.36. The molecule has 0 atom stereocenters. The van der Waals surface area contributed by atoms with E-state index in [4.69, 9.17) is 0 Å². The lowest BCUT2D eigenvalue weighted by atomic mass is 9.95. The number of aromatic nitrogens is 1. The Balaban J connectivity index is 1.63. The molecular formula is C22H25FN2O2S. The van der Waals surface area contributed by atoms with Crippen molar-refractivity contribution in [1.29, 1.82) is 0 Å². The van der Waals surface area contributed by atoms with Gasteiger partial charge >= 0.3 is 0 Å². The molecular weight excluding hydrogens is 375 g/mol. The third-order valence-electron chi connectivity index (χ3n) is 5.58. The first-order chi connectivity index (χ1) is 13.6. The highest BCUT2D eigenvalue weighted by atomic mass is 32.2. The number of aromatic amines is 1. The molecule has 1 aliphatic rings. The standard InChI is InChI=1S/C22H25FN2O2S/c23-17-7-5-10-19(14-17)28(26,27)21-15-25-20-11-4-6-16(22(20)21)12-13-24-18-8-2-1-3-9-18/h4-7,10-11,14-15,18,24-25H,1-3,8-9,12-13H2. The summed E-state index contributed by atoms with van der Waals surface area (Å²) < 4.78 is 39.9. The van der Waals surface area contributed by atoms with Crippen molar-refractivity contribution >= 4 is 20.7 Å². The van der Waals surface area contributed by atoms with Crippen LogP contribution in [0.1, 0.15) is 37.7 Å². The maximum Gasteiger partial charge on any atom is 0.208 e. The highest BCUT2D eigenvalue weighted by molar-refractivity contribution is 7.91. The molecule has 1 saturated carbocycles. The molecule has 0 radical (unpaired) electrons. The first-order valence-corrected chi connectivity index (χ1v) is 11.4. The van der Waals surface area contributed by atoms with Crippen molar-refractivity contribution in [2.75, 3.05) is 6.54 Å². The van der Waals surface area contributed by atoms with Crippen molar-refractivity contribution in [3.05, 3.63) is 60.0 Å². The molecule has 3 aromatic rings. The van der Waals surface area contributed by atoms with E-state index in [1.54, 1.807) is 0 Å². The Labute approximate surface area is 165 Å². The molecule has 1 heterocycles. The number of rotatable bonds is 6. The summed E-state index contributed by atoms with van der Waals surface area (Å²) in [4.78, 5) is 3.25. The van der Waals surface area contributed by atoms with Gasteiger partial charge < -0.3 is 10.3 Å². The third kappa shape index (κ3) is 3.84. The van der Waals surface area contributed by atoms with Crippen LogP contribution in [0, 0.1) is 5.82 Å². The van der Waals surface area contributed by atoms with Crippen LogP contribution in [-0.4, -0.2) is 26.0 Å². The molecule has 0 aliphatic heterocycles. The van der Waals surface area contributed by atoms with Crippen LogP contribution >= 0.6 is 0 Å². The van der Waals surface area contributed by atoms with Crippen LogP contribution in [0.15, 0.2) is 58.5 Å². The topological polar surface area (TPSA) is 62.0 Å². The largest absolute Gasteiger partial charge is 0.360 e. The van der Waals surface area contributed by atoms with E-state index in [-0.39, 0.29) is 9.79 Å². The zero-order valence-electron chi connectivity index (χ0n) is 15.7. The second-order valence-electron chi connectivity index (χ2n) is 7.49. The van der Waals surface area contributed by atoms with Gasteiger partial charge in [-0.05, 0) is 55.6 Å². The Morgan fingerprint density at radius 2 is 1.86 bits per heavy atom. The van der Waals surface area contributed by atoms with E-state index >= 15 is 0 Å². The van der Waals surface area contributed by atoms with Crippen LogP contribution in [0.3, 0.4) is 0 Å². The Morgan fingerprint density at radius 1 is 1.07 bits per heavy atom. The van der Waals surface area contributed by atoms with Crippen molar-refractivity contribution in [2.45, 2.75) is 54.4 Å². The van der Waals surface area contributed by atoms with Crippen LogP contribution in [0.4, 0.5) is 4.39 Å². The smallest absolute Gasteiger partial charge is 0.208 e. The van der Waals surface area contributed by atoms with E-state index in [9.17, 15) is 12.8 Å². The van der Waals surface area contributed by atoms with E-state index < -0.39 is 15.7 Å². The summed E-state index contributed by atoms with van der Waals surface area (Å²) in [5, 5.41) is 4.32. The lowest BCUT2D eigenvalue weighted by molar-refractivity contribution is 0.376. The Kier molecular flexibility index (Phi) is 5.51. The lowest BCUT2D eigenvalue weighted by Crippen LogP contribution is -2.32. The van der Waals surface area contributed by atoms with Crippen LogP contribution in [-0.2, 0) is 16.3 Å². The molecule has 0 spiro atoms. The first-order valence-electron chi connectivity index (χ1n) is 9.89. The molecule has 2 aromatic carbocycles. The average molecular weight is 401 g/mol. The maximum atomic E-state index is 13.6. The highest BCUT2D eigenvalue weighted by Crippen LogP contribution is 2.31. The zero-order chi connectivity index (χ0) is 19.6. The first kappa shape index (κ1) is 19.2. The second-order valence-corrected chi connectivity index (χ2v) is 9.41. The summed E-state index contributed by atoms with van der Waals surface area (Å²) >= 11 is 0. The summed E-state index contributed by atoms with van der Waals surface area (Å²) in [6.07, 6.45) is 8.58. The molecule has 148 valence electrons. The molecule has 28 heavy (non-hydrogen) atoms. The summed E-state index contributed by atoms with van der Waals surface area (Å²) in [7, 11) is -3.80. The van der Waals surface area contributed by atoms with Crippen molar-refractivity contribution < 1.29 is 12.8 Å². The number of halogens is 1. The summed E-state index contributed by atoms with van der Waals surface area (Å²) in [5.41, 5.74) is 1.77. The fourth-order valence-corrected chi connectivity index (χ4v) is 5.63. The molecule has 0 saturated heterocycles. The quantitative estimate of drug-likeness (QED) is 0.635. The predicted molar refractivity (Wildman–Crippen MR) is 109 cm³/mol. The summed E-state index contributed by atoms with van der Waals surface area (Å²) in [6, 6.07) is 11.5. The Hall–Kier alpha value is -2.18. The molecule has 1 aliphatic carbocycles. The lowest BCUT2D eigenvalue weighted by Gasteiger charge is -2.22. The highest BCUT2D eigenvalue weighted by Gasteiger charge is 2.24. The molecule has 1 fully saturated rings. The van der Waals surface area contributed by atoms with Crippen LogP contribution in [0.25, 0.3) is 10.9 Å². The van der Waals surface area contributed by atoms with Gasteiger partial charge in [-0.25, -0.2) is 12.8 Å². The molecule has 2 N–H and O–H groups in total. The van der Waals surface area contributed by atoms with Gasteiger partial charge in [0.15, 0.2) is 0 Å². The number of hydrogen-bond donors (Lipinski definition) is 2. The van der Waals surface area contributed by atoms with Gasteiger partial charge in [-0.3, -0.25) is 0 Å². The normalized spacial score (nSPS) is 15.9. The SMILES string of the molecule is O=S(=O)(c1cccc(F)c1)c1c[nH]c2cccc(CCNC3CCCCC3)c12. The molecule has 0 bridgehead atoms. The molecule has 0 unspecified atom stereocenters. The van der Waals surface area contributed by atoms with Crippen LogP contribution in [0.2, 0.25) is 0 Å². The van der Waals surface area contributed by atoms with Gasteiger partial charge in [-0.2, -0.15) is 0 Å². The van der Waals surface area contributed by atoms with E-state index in [1.165, 1.54) is 56.5 Å².